The molecule has 0 heterocycles. The number of hydrogen-bond donors (Lipinski definition) is 2. The smallest absolute Gasteiger partial charge is 0.191 e. The van der Waals surface area contributed by atoms with Crippen LogP contribution in [0.3, 0.4) is 0 Å². The van der Waals surface area contributed by atoms with Crippen LogP contribution in [0.15, 0.2) is 4.99 Å². The van der Waals surface area contributed by atoms with Crippen molar-refractivity contribution in [2.45, 2.75) is 26.2 Å². The summed E-state index contributed by atoms with van der Waals surface area (Å²) < 4.78 is 4.93. The number of unbranched alkanes of at least 4 members (excludes halogenated alkanes) is 2. The second kappa shape index (κ2) is 14.0. The fourth-order valence-electron chi connectivity index (χ4n) is 1.07. The molecule has 0 radical (unpaired) electrons. The number of nitrogens with one attached hydrogen (secondary N) is 2. The highest BCUT2D eigenvalue weighted by molar-refractivity contribution is 14.0. The van der Waals surface area contributed by atoms with Crippen molar-refractivity contribution >= 4 is 29.9 Å². The van der Waals surface area contributed by atoms with Crippen molar-refractivity contribution in [2.75, 3.05) is 33.9 Å². The topological polar surface area (TPSA) is 45.7 Å². The first-order valence-corrected chi connectivity index (χ1v) is 5.28. The Labute approximate surface area is 110 Å². The van der Waals surface area contributed by atoms with Gasteiger partial charge in [0, 0.05) is 27.2 Å². The van der Waals surface area contributed by atoms with E-state index in [1.165, 1.54) is 19.3 Å². The molecule has 0 aliphatic heterocycles. The van der Waals surface area contributed by atoms with Gasteiger partial charge in [0.15, 0.2) is 5.96 Å². The van der Waals surface area contributed by atoms with Crippen molar-refractivity contribution in [1.29, 1.82) is 0 Å². The van der Waals surface area contributed by atoms with E-state index in [1.807, 2.05) is 0 Å². The lowest BCUT2D eigenvalue weighted by Gasteiger charge is -2.10. The van der Waals surface area contributed by atoms with Crippen molar-refractivity contribution in [2.24, 2.45) is 4.99 Å². The van der Waals surface area contributed by atoms with E-state index in [9.17, 15) is 0 Å². The second-order valence-corrected chi connectivity index (χ2v) is 3.13. The summed E-state index contributed by atoms with van der Waals surface area (Å²) in [6, 6.07) is 0. The van der Waals surface area contributed by atoms with Crippen LogP contribution in [0.2, 0.25) is 0 Å². The number of methoxy groups -OCH3 is 1. The Bertz CT molecular complexity index is 154. The molecular weight excluding hydrogens is 305 g/mol. The van der Waals surface area contributed by atoms with Gasteiger partial charge in [0.1, 0.15) is 0 Å². The summed E-state index contributed by atoms with van der Waals surface area (Å²) in [6.07, 6.45) is 3.71. The first kappa shape index (κ1) is 17.4. The third-order valence-electron chi connectivity index (χ3n) is 1.90. The highest BCUT2D eigenvalue weighted by atomic mass is 127. The molecular formula is C10H24IN3O. The summed E-state index contributed by atoms with van der Waals surface area (Å²) in [5.74, 6) is 0.859. The van der Waals surface area contributed by atoms with Crippen molar-refractivity contribution in [3.05, 3.63) is 0 Å². The number of hydrogen-bond acceptors (Lipinski definition) is 2. The van der Waals surface area contributed by atoms with Gasteiger partial charge < -0.3 is 15.4 Å². The Morgan fingerprint density at radius 1 is 1.20 bits per heavy atom. The molecule has 0 aromatic rings. The lowest BCUT2D eigenvalue weighted by atomic mass is 10.2. The molecule has 0 unspecified atom stereocenters. The third kappa shape index (κ3) is 11.9. The quantitative estimate of drug-likeness (QED) is 0.323. The van der Waals surface area contributed by atoms with E-state index in [2.05, 4.69) is 22.5 Å². The molecule has 0 aliphatic rings. The normalized spacial score (nSPS) is 10.7. The van der Waals surface area contributed by atoms with Gasteiger partial charge in [-0.1, -0.05) is 19.8 Å². The zero-order valence-corrected chi connectivity index (χ0v) is 12.3. The van der Waals surface area contributed by atoms with Gasteiger partial charge >= 0.3 is 0 Å². The Morgan fingerprint density at radius 2 is 1.87 bits per heavy atom. The Balaban J connectivity index is 0. The van der Waals surface area contributed by atoms with Gasteiger partial charge in [-0.15, -0.1) is 24.0 Å². The monoisotopic (exact) mass is 329 g/mol. The lowest BCUT2D eigenvalue weighted by Crippen LogP contribution is -2.39. The summed E-state index contributed by atoms with van der Waals surface area (Å²) in [5, 5.41) is 6.41. The minimum Gasteiger partial charge on any atom is -0.383 e. The molecule has 0 rings (SSSR count). The predicted octanol–water partition coefficient (Wildman–Crippen LogP) is 1.61. The van der Waals surface area contributed by atoms with Crippen LogP contribution >= 0.6 is 24.0 Å². The zero-order valence-electron chi connectivity index (χ0n) is 10.0. The molecule has 0 fully saturated rings. The van der Waals surface area contributed by atoms with Gasteiger partial charge in [-0.2, -0.15) is 0 Å². The van der Waals surface area contributed by atoms with Crippen molar-refractivity contribution < 1.29 is 4.74 Å². The number of ether oxygens (including phenoxy) is 1. The maximum absolute atomic E-state index is 4.93. The molecule has 5 heteroatoms. The largest absolute Gasteiger partial charge is 0.383 e. The number of guanidine groups is 1. The molecule has 0 aromatic heterocycles. The Morgan fingerprint density at radius 3 is 2.40 bits per heavy atom. The van der Waals surface area contributed by atoms with E-state index in [0.717, 1.165) is 19.0 Å². The Hall–Kier alpha value is -0.0400. The summed E-state index contributed by atoms with van der Waals surface area (Å²) in [5.41, 5.74) is 0. The van der Waals surface area contributed by atoms with Gasteiger partial charge in [-0.25, -0.2) is 0 Å². The molecule has 0 saturated heterocycles. The summed E-state index contributed by atoms with van der Waals surface area (Å²) in [7, 11) is 3.47. The van der Waals surface area contributed by atoms with E-state index >= 15 is 0 Å². The summed E-state index contributed by atoms with van der Waals surface area (Å²) in [6.45, 7) is 4.69. The SMILES string of the molecule is CCCCCNC(=NC)NCCOC.I. The van der Waals surface area contributed by atoms with Crippen LogP contribution in [-0.4, -0.2) is 39.8 Å². The molecule has 0 spiro atoms. The van der Waals surface area contributed by atoms with Crippen LogP contribution in [0, 0.1) is 0 Å². The summed E-state index contributed by atoms with van der Waals surface area (Å²) >= 11 is 0. The van der Waals surface area contributed by atoms with E-state index in [4.69, 9.17) is 4.74 Å². The fourth-order valence-corrected chi connectivity index (χ4v) is 1.07. The lowest BCUT2D eigenvalue weighted by molar-refractivity contribution is 0.203. The number of halogens is 1. The number of nitrogens with zero attached hydrogens (tertiary/aromatic N) is 1. The Kier molecular flexibility index (Phi) is 16.2. The molecule has 0 aromatic carbocycles. The third-order valence-corrected chi connectivity index (χ3v) is 1.90. The fraction of sp³-hybridized carbons (Fsp3) is 0.900. The number of aliphatic imine (C=N–C) groups is 1. The molecule has 0 aliphatic carbocycles. The second-order valence-electron chi connectivity index (χ2n) is 3.13. The minimum atomic E-state index is 0. The van der Waals surface area contributed by atoms with Gasteiger partial charge in [0.05, 0.1) is 6.61 Å². The van der Waals surface area contributed by atoms with Crippen molar-refractivity contribution in [3.8, 4) is 0 Å². The highest BCUT2D eigenvalue weighted by Gasteiger charge is 1.94. The van der Waals surface area contributed by atoms with E-state index in [-0.39, 0.29) is 24.0 Å². The van der Waals surface area contributed by atoms with Crippen LogP contribution in [-0.2, 0) is 4.74 Å². The van der Waals surface area contributed by atoms with Gasteiger partial charge in [0.25, 0.3) is 0 Å². The molecule has 4 nitrogen and oxygen atoms in total. The number of rotatable bonds is 7. The molecule has 0 atom stereocenters. The van der Waals surface area contributed by atoms with Crippen LogP contribution in [0.5, 0.6) is 0 Å². The van der Waals surface area contributed by atoms with Gasteiger partial charge in [0.2, 0.25) is 0 Å². The molecule has 15 heavy (non-hydrogen) atoms. The van der Waals surface area contributed by atoms with Crippen LogP contribution in [0.25, 0.3) is 0 Å². The van der Waals surface area contributed by atoms with Crippen LogP contribution in [0.4, 0.5) is 0 Å². The molecule has 0 amide bonds. The van der Waals surface area contributed by atoms with E-state index in [0.29, 0.717) is 6.61 Å². The average molecular weight is 329 g/mol. The van der Waals surface area contributed by atoms with Crippen molar-refractivity contribution in [3.63, 3.8) is 0 Å². The van der Waals surface area contributed by atoms with Gasteiger partial charge in [-0.3, -0.25) is 4.99 Å². The van der Waals surface area contributed by atoms with Crippen LogP contribution < -0.4 is 10.6 Å². The standard InChI is InChI=1S/C10H23N3O.HI/c1-4-5-6-7-12-10(11-2)13-8-9-14-3;/h4-9H2,1-3H3,(H2,11,12,13);1H. The molecule has 0 saturated carbocycles. The van der Waals surface area contributed by atoms with Crippen LogP contribution in [0.1, 0.15) is 26.2 Å². The summed E-state index contributed by atoms with van der Waals surface area (Å²) in [4.78, 5) is 4.10. The molecule has 0 bridgehead atoms. The maximum Gasteiger partial charge on any atom is 0.191 e. The zero-order chi connectivity index (χ0) is 10.6. The first-order valence-electron chi connectivity index (χ1n) is 5.28. The molecule has 2 N–H and O–H groups in total. The maximum atomic E-state index is 4.93. The predicted molar refractivity (Wildman–Crippen MR) is 76.2 cm³/mol. The van der Waals surface area contributed by atoms with Crippen molar-refractivity contribution in [1.82, 2.24) is 10.6 Å². The highest BCUT2D eigenvalue weighted by Crippen LogP contribution is 1.90. The first-order chi connectivity index (χ1) is 6.85. The van der Waals surface area contributed by atoms with Gasteiger partial charge in [-0.05, 0) is 6.42 Å². The van der Waals surface area contributed by atoms with E-state index in [1.54, 1.807) is 14.2 Å². The average Bonchev–Trinajstić information content (AvgIpc) is 2.22. The van der Waals surface area contributed by atoms with E-state index < -0.39 is 0 Å². The molecule has 92 valence electrons. The minimum absolute atomic E-state index is 0.